The molecule has 0 unspecified atom stereocenters. The number of fused-ring (bicyclic) bond motifs is 1. The summed E-state index contributed by atoms with van der Waals surface area (Å²) in [6.45, 7) is 6.02. The number of hydrogen-bond acceptors (Lipinski definition) is 8. The van der Waals surface area contributed by atoms with Crippen LogP contribution in [-0.2, 0) is 9.53 Å². The summed E-state index contributed by atoms with van der Waals surface area (Å²) in [6.07, 6.45) is 1.81. The normalized spacial score (nSPS) is 15.2. The molecular formula is C27H28N2O6S. The first-order chi connectivity index (χ1) is 17.4. The summed E-state index contributed by atoms with van der Waals surface area (Å²) in [5.41, 5.74) is 2.11. The van der Waals surface area contributed by atoms with Gasteiger partial charge in [-0.25, -0.2) is 9.79 Å². The van der Waals surface area contributed by atoms with E-state index in [4.69, 9.17) is 18.9 Å². The minimum atomic E-state index is -0.733. The van der Waals surface area contributed by atoms with Gasteiger partial charge in [-0.05, 0) is 62.2 Å². The topological polar surface area (TPSA) is 88.4 Å². The van der Waals surface area contributed by atoms with Crippen molar-refractivity contribution in [3.05, 3.63) is 84.5 Å². The molecule has 1 aliphatic rings. The Balaban J connectivity index is 1.93. The number of carbonyl (C=O) groups excluding carboxylic acids is 1. The number of allylic oxidation sites excluding steroid dienone is 1. The van der Waals surface area contributed by atoms with Crippen LogP contribution in [0, 0.1) is 0 Å². The van der Waals surface area contributed by atoms with E-state index in [0.717, 1.165) is 11.3 Å². The number of esters is 1. The zero-order valence-corrected chi connectivity index (χ0v) is 21.7. The van der Waals surface area contributed by atoms with Crippen LogP contribution in [0.3, 0.4) is 0 Å². The molecule has 8 nitrogen and oxygen atoms in total. The number of nitrogens with zero attached hydrogens (tertiary/aromatic N) is 2. The first kappa shape index (κ1) is 25.2. The Morgan fingerprint density at radius 2 is 1.81 bits per heavy atom. The van der Waals surface area contributed by atoms with Crippen LogP contribution in [0.5, 0.6) is 17.2 Å². The van der Waals surface area contributed by atoms with Crippen molar-refractivity contribution in [2.45, 2.75) is 26.8 Å². The zero-order valence-electron chi connectivity index (χ0n) is 20.9. The summed E-state index contributed by atoms with van der Waals surface area (Å²) in [7, 11) is 3.17. The largest absolute Gasteiger partial charge is 0.497 e. The van der Waals surface area contributed by atoms with Gasteiger partial charge in [-0.2, -0.15) is 0 Å². The standard InChI is InChI=1S/C27H28N2O6S/c1-6-34-21-15-18(10-13-20(21)33-5)24-23(26(31)35-7-2)16(3)28-27-29(24)25(30)22(36-27)14-17-8-11-19(32-4)12-9-17/h8-15,24H,6-7H2,1-5H3/b22-14+/t24-/m1/s1. The molecule has 2 aromatic carbocycles. The maximum atomic E-state index is 13.7. The van der Waals surface area contributed by atoms with Crippen molar-refractivity contribution in [2.24, 2.45) is 4.99 Å². The van der Waals surface area contributed by atoms with Crippen LogP contribution in [-0.4, -0.2) is 38.0 Å². The number of ether oxygens (including phenoxy) is 4. The molecule has 1 aliphatic heterocycles. The molecule has 1 aromatic heterocycles. The second kappa shape index (κ2) is 10.8. The van der Waals surface area contributed by atoms with Crippen molar-refractivity contribution in [2.75, 3.05) is 27.4 Å². The van der Waals surface area contributed by atoms with Crippen molar-refractivity contribution < 1.29 is 23.7 Å². The molecule has 0 bridgehead atoms. The summed E-state index contributed by atoms with van der Waals surface area (Å²) in [5, 5.41) is 0. The highest BCUT2D eigenvalue weighted by molar-refractivity contribution is 7.07. The van der Waals surface area contributed by atoms with E-state index in [-0.39, 0.29) is 12.2 Å². The van der Waals surface area contributed by atoms with Crippen LogP contribution in [0.2, 0.25) is 0 Å². The highest BCUT2D eigenvalue weighted by Gasteiger charge is 2.33. The highest BCUT2D eigenvalue weighted by Crippen LogP contribution is 2.36. The molecule has 36 heavy (non-hydrogen) atoms. The molecular weight excluding hydrogens is 480 g/mol. The molecule has 2 heterocycles. The van der Waals surface area contributed by atoms with E-state index < -0.39 is 12.0 Å². The monoisotopic (exact) mass is 508 g/mol. The molecule has 0 radical (unpaired) electrons. The maximum absolute atomic E-state index is 13.7. The van der Waals surface area contributed by atoms with E-state index in [1.165, 1.54) is 11.3 Å². The molecule has 0 spiro atoms. The smallest absolute Gasteiger partial charge is 0.338 e. The molecule has 0 aliphatic carbocycles. The number of hydrogen-bond donors (Lipinski definition) is 0. The van der Waals surface area contributed by atoms with Crippen molar-refractivity contribution in [3.63, 3.8) is 0 Å². The predicted molar refractivity (Wildman–Crippen MR) is 138 cm³/mol. The van der Waals surface area contributed by atoms with Gasteiger partial charge in [-0.1, -0.05) is 29.5 Å². The minimum absolute atomic E-state index is 0.205. The van der Waals surface area contributed by atoms with Crippen LogP contribution in [0.1, 0.15) is 37.9 Å². The third-order valence-electron chi connectivity index (χ3n) is 5.73. The number of methoxy groups -OCH3 is 2. The molecule has 1 atom stereocenters. The summed E-state index contributed by atoms with van der Waals surface area (Å²) in [6, 6.07) is 12.1. The lowest BCUT2D eigenvalue weighted by Crippen LogP contribution is -2.40. The fraction of sp³-hybridized carbons (Fsp3) is 0.296. The van der Waals surface area contributed by atoms with E-state index in [0.29, 0.717) is 44.3 Å². The van der Waals surface area contributed by atoms with Crippen molar-refractivity contribution in [1.82, 2.24) is 4.57 Å². The number of carbonyl (C=O) groups is 1. The van der Waals surface area contributed by atoms with Gasteiger partial charge in [0.1, 0.15) is 5.75 Å². The van der Waals surface area contributed by atoms with E-state index in [1.807, 2.05) is 43.3 Å². The number of benzene rings is 2. The third-order valence-corrected chi connectivity index (χ3v) is 6.72. The quantitative estimate of drug-likeness (QED) is 0.434. The highest BCUT2D eigenvalue weighted by atomic mass is 32.1. The van der Waals surface area contributed by atoms with Crippen LogP contribution in [0.15, 0.2) is 63.5 Å². The van der Waals surface area contributed by atoms with Crippen LogP contribution in [0.25, 0.3) is 6.08 Å². The first-order valence-electron chi connectivity index (χ1n) is 11.6. The number of aromatic nitrogens is 1. The van der Waals surface area contributed by atoms with Crippen LogP contribution < -0.4 is 29.1 Å². The lowest BCUT2D eigenvalue weighted by Gasteiger charge is -2.25. The van der Waals surface area contributed by atoms with Crippen molar-refractivity contribution in [1.29, 1.82) is 0 Å². The Kier molecular flexibility index (Phi) is 7.59. The molecule has 0 saturated carbocycles. The van der Waals surface area contributed by atoms with Crippen LogP contribution >= 0.6 is 11.3 Å². The molecule has 188 valence electrons. The molecule has 0 saturated heterocycles. The van der Waals surface area contributed by atoms with Gasteiger partial charge >= 0.3 is 5.97 Å². The van der Waals surface area contributed by atoms with E-state index >= 15 is 0 Å². The van der Waals surface area contributed by atoms with Crippen molar-refractivity contribution in [3.8, 4) is 17.2 Å². The Morgan fingerprint density at radius 1 is 1.06 bits per heavy atom. The Bertz CT molecular complexity index is 1480. The predicted octanol–water partition coefficient (Wildman–Crippen LogP) is 3.21. The molecule has 0 N–H and O–H groups in total. The lowest BCUT2D eigenvalue weighted by atomic mass is 9.95. The second-order valence-corrected chi connectivity index (χ2v) is 8.93. The van der Waals surface area contributed by atoms with Gasteiger partial charge in [0.05, 0.1) is 49.3 Å². The molecule has 9 heteroatoms. The second-order valence-electron chi connectivity index (χ2n) is 7.92. The molecule has 0 amide bonds. The number of rotatable bonds is 8. The SMILES string of the molecule is CCOC(=O)C1=C(C)N=c2s/c(=C/c3ccc(OC)cc3)c(=O)n2[C@@H]1c1ccc(OC)c(OCC)c1. The Labute approximate surface area is 212 Å². The maximum Gasteiger partial charge on any atom is 0.338 e. The summed E-state index contributed by atoms with van der Waals surface area (Å²) >= 11 is 1.27. The molecule has 3 aromatic rings. The van der Waals surface area contributed by atoms with Crippen LogP contribution in [0.4, 0.5) is 0 Å². The average Bonchev–Trinajstić information content (AvgIpc) is 3.18. The third kappa shape index (κ3) is 4.79. The fourth-order valence-electron chi connectivity index (χ4n) is 4.09. The van der Waals surface area contributed by atoms with Gasteiger partial charge in [0.25, 0.3) is 5.56 Å². The Morgan fingerprint density at radius 3 is 2.44 bits per heavy atom. The van der Waals surface area contributed by atoms with Gasteiger partial charge < -0.3 is 18.9 Å². The summed E-state index contributed by atoms with van der Waals surface area (Å²) in [4.78, 5) is 31.9. The van der Waals surface area contributed by atoms with Gasteiger partial charge in [-0.3, -0.25) is 9.36 Å². The van der Waals surface area contributed by atoms with Crippen molar-refractivity contribution >= 4 is 23.4 Å². The first-order valence-corrected chi connectivity index (χ1v) is 12.4. The van der Waals surface area contributed by atoms with E-state index in [1.54, 1.807) is 44.8 Å². The van der Waals surface area contributed by atoms with Gasteiger partial charge in [0.2, 0.25) is 0 Å². The average molecular weight is 509 g/mol. The van der Waals surface area contributed by atoms with Gasteiger partial charge in [0.15, 0.2) is 16.3 Å². The molecule has 4 rings (SSSR count). The van der Waals surface area contributed by atoms with Gasteiger partial charge in [-0.15, -0.1) is 0 Å². The van der Waals surface area contributed by atoms with Gasteiger partial charge in [0, 0.05) is 0 Å². The van der Waals surface area contributed by atoms with E-state index in [2.05, 4.69) is 4.99 Å². The lowest BCUT2D eigenvalue weighted by molar-refractivity contribution is -0.139. The summed E-state index contributed by atoms with van der Waals surface area (Å²) in [5.74, 6) is 1.30. The Hall–Kier alpha value is -3.85. The number of thiazole rings is 1. The fourth-order valence-corrected chi connectivity index (χ4v) is 5.14. The van der Waals surface area contributed by atoms with E-state index in [9.17, 15) is 9.59 Å². The summed E-state index contributed by atoms with van der Waals surface area (Å²) < 4.78 is 23.8. The zero-order chi connectivity index (χ0) is 25.8. The minimum Gasteiger partial charge on any atom is -0.497 e. The molecule has 0 fully saturated rings.